The first-order chi connectivity index (χ1) is 12.6. The van der Waals surface area contributed by atoms with Crippen LogP contribution in [-0.4, -0.2) is 35.9 Å². The number of nitro groups is 1. The van der Waals surface area contributed by atoms with Crippen LogP contribution in [-0.2, 0) is 16.0 Å². The fourth-order valence-electron chi connectivity index (χ4n) is 3.22. The minimum atomic E-state index is -0.876. The van der Waals surface area contributed by atoms with Gasteiger partial charge in [-0.25, -0.2) is 0 Å². The monoisotopic (exact) mass is 418 g/mol. The predicted octanol–water partition coefficient (Wildman–Crippen LogP) is 2.93. The Morgan fingerprint density at radius 3 is 2.54 bits per heavy atom. The van der Waals surface area contributed by atoms with Crippen molar-refractivity contribution in [1.29, 1.82) is 0 Å². The Morgan fingerprint density at radius 2 is 1.92 bits per heavy atom. The number of hydrogen-bond donors (Lipinski definition) is 1. The Hall–Kier alpha value is -2.09. The topological polar surface area (TPSA) is 81.5 Å². The summed E-state index contributed by atoms with van der Waals surface area (Å²) in [5.41, 5.74) is 1.69. The number of carbonyl (C=O) groups excluding carboxylic acids is 1. The molecule has 1 heterocycles. The zero-order valence-corrected chi connectivity index (χ0v) is 15.5. The summed E-state index contributed by atoms with van der Waals surface area (Å²) >= 11 is 3.39. The molecule has 0 aliphatic carbocycles. The number of aldehydes is 1. The summed E-state index contributed by atoms with van der Waals surface area (Å²) in [6.07, 6.45) is -0.184. The first kappa shape index (κ1) is 18.7. The van der Waals surface area contributed by atoms with Crippen molar-refractivity contribution < 1.29 is 14.5 Å². The molecule has 2 aromatic carbocycles. The molecule has 7 heteroatoms. The van der Waals surface area contributed by atoms with E-state index in [0.29, 0.717) is 0 Å². The zero-order chi connectivity index (χ0) is 18.5. The Bertz CT molecular complexity index is 754. The highest BCUT2D eigenvalue weighted by molar-refractivity contribution is 9.10. The minimum absolute atomic E-state index is 0.263. The summed E-state index contributed by atoms with van der Waals surface area (Å²) in [5.74, 6) is 0. The van der Waals surface area contributed by atoms with Gasteiger partial charge in [-0.05, 0) is 23.3 Å². The van der Waals surface area contributed by atoms with Crippen molar-refractivity contribution in [1.82, 2.24) is 5.32 Å². The van der Waals surface area contributed by atoms with Crippen LogP contribution in [0.25, 0.3) is 0 Å². The van der Waals surface area contributed by atoms with Crippen molar-refractivity contribution >= 4 is 22.2 Å². The maximum atomic E-state index is 11.8. The van der Waals surface area contributed by atoms with Crippen LogP contribution in [0.1, 0.15) is 17.2 Å². The molecule has 1 aliphatic heterocycles. The molecule has 136 valence electrons. The van der Waals surface area contributed by atoms with E-state index in [1.807, 2.05) is 54.6 Å². The highest BCUT2D eigenvalue weighted by atomic mass is 79.9. The fraction of sp³-hybridized carbons (Fsp3) is 0.316. The highest BCUT2D eigenvalue weighted by Gasteiger charge is 2.42. The SMILES string of the molecule is O=C[C@H]1CN[C@H]([C@H](Cc2ccccc2)[N+](=O)[O-])C(c2ccc(Br)cc2)O1. The van der Waals surface area contributed by atoms with E-state index in [0.717, 1.165) is 21.9 Å². The standard InChI is InChI=1S/C19H19BrN2O4/c20-15-8-6-14(7-9-15)19-18(21-11-16(12-23)26-19)17(22(24)25)10-13-4-2-1-3-5-13/h1-9,12,16-19,21H,10-11H2/t16-,17+,18-,19?/m1/s1. The van der Waals surface area contributed by atoms with Gasteiger partial charge in [0.1, 0.15) is 24.5 Å². The number of rotatable bonds is 6. The first-order valence-corrected chi connectivity index (χ1v) is 9.15. The quantitative estimate of drug-likeness (QED) is 0.443. The number of halogens is 1. The molecule has 4 atom stereocenters. The van der Waals surface area contributed by atoms with Gasteiger partial charge >= 0.3 is 0 Å². The molecule has 1 unspecified atom stereocenters. The fourth-order valence-corrected chi connectivity index (χ4v) is 3.49. The molecule has 0 saturated carbocycles. The Morgan fingerprint density at radius 1 is 1.23 bits per heavy atom. The van der Waals surface area contributed by atoms with Crippen LogP contribution in [0.5, 0.6) is 0 Å². The lowest BCUT2D eigenvalue weighted by molar-refractivity contribution is -0.530. The van der Waals surface area contributed by atoms with Crippen LogP contribution in [0.4, 0.5) is 0 Å². The van der Waals surface area contributed by atoms with Crippen molar-refractivity contribution in [2.24, 2.45) is 0 Å². The third-order valence-electron chi connectivity index (χ3n) is 4.53. The number of hydrogen-bond acceptors (Lipinski definition) is 5. The van der Waals surface area contributed by atoms with Gasteiger partial charge in [-0.2, -0.15) is 0 Å². The largest absolute Gasteiger partial charge is 0.360 e. The maximum Gasteiger partial charge on any atom is 0.235 e. The van der Waals surface area contributed by atoms with Crippen LogP contribution in [0.2, 0.25) is 0 Å². The summed E-state index contributed by atoms with van der Waals surface area (Å²) < 4.78 is 6.80. The third kappa shape index (κ3) is 4.35. The molecule has 1 saturated heterocycles. The van der Waals surface area contributed by atoms with Gasteiger partial charge in [0, 0.05) is 22.4 Å². The van der Waals surface area contributed by atoms with Crippen molar-refractivity contribution in [3.8, 4) is 0 Å². The third-order valence-corrected chi connectivity index (χ3v) is 5.05. The molecule has 0 radical (unpaired) electrons. The number of benzene rings is 2. The highest BCUT2D eigenvalue weighted by Crippen LogP contribution is 2.30. The first-order valence-electron chi connectivity index (χ1n) is 8.35. The molecule has 26 heavy (non-hydrogen) atoms. The van der Waals surface area contributed by atoms with E-state index in [4.69, 9.17) is 4.74 Å². The Kier molecular flexibility index (Phi) is 6.13. The molecule has 0 amide bonds. The van der Waals surface area contributed by atoms with Crippen LogP contribution in [0, 0.1) is 10.1 Å². The molecular weight excluding hydrogens is 400 g/mol. The average molecular weight is 419 g/mol. The summed E-state index contributed by atoms with van der Waals surface area (Å²) in [4.78, 5) is 22.7. The molecule has 0 bridgehead atoms. The average Bonchev–Trinajstić information content (AvgIpc) is 2.67. The molecule has 2 aromatic rings. The van der Waals surface area contributed by atoms with E-state index in [2.05, 4.69) is 21.2 Å². The number of carbonyl (C=O) groups is 1. The zero-order valence-electron chi connectivity index (χ0n) is 14.0. The molecule has 6 nitrogen and oxygen atoms in total. The number of morpholine rings is 1. The Labute approximate surface area is 159 Å². The Balaban J connectivity index is 1.90. The second-order valence-corrected chi connectivity index (χ2v) is 7.17. The van der Waals surface area contributed by atoms with Crippen molar-refractivity contribution in [2.45, 2.75) is 30.7 Å². The number of nitrogens with one attached hydrogen (secondary N) is 1. The van der Waals surface area contributed by atoms with E-state index in [1.165, 1.54) is 0 Å². The lowest BCUT2D eigenvalue weighted by Gasteiger charge is -2.37. The number of ether oxygens (including phenoxy) is 1. The van der Waals surface area contributed by atoms with Gasteiger partial charge in [-0.3, -0.25) is 10.1 Å². The molecule has 1 N–H and O–H groups in total. The second kappa shape index (κ2) is 8.53. The van der Waals surface area contributed by atoms with Gasteiger partial charge in [0.25, 0.3) is 0 Å². The molecular formula is C19H19BrN2O4. The van der Waals surface area contributed by atoms with Gasteiger partial charge in [0.2, 0.25) is 6.04 Å². The molecule has 0 aromatic heterocycles. The maximum absolute atomic E-state index is 11.8. The summed E-state index contributed by atoms with van der Waals surface area (Å²) in [5, 5.41) is 15.0. The van der Waals surface area contributed by atoms with E-state index in [1.54, 1.807) is 0 Å². The normalized spacial score (nSPS) is 24.0. The lowest BCUT2D eigenvalue weighted by Crippen LogP contribution is -2.56. The van der Waals surface area contributed by atoms with Crippen molar-refractivity contribution in [2.75, 3.05) is 6.54 Å². The van der Waals surface area contributed by atoms with Crippen LogP contribution in [0.3, 0.4) is 0 Å². The van der Waals surface area contributed by atoms with Gasteiger partial charge in [-0.15, -0.1) is 0 Å². The van der Waals surface area contributed by atoms with Gasteiger partial charge < -0.3 is 14.8 Å². The van der Waals surface area contributed by atoms with Crippen molar-refractivity contribution in [3.05, 3.63) is 80.3 Å². The molecule has 1 aliphatic rings. The van der Waals surface area contributed by atoms with Crippen LogP contribution >= 0.6 is 15.9 Å². The lowest BCUT2D eigenvalue weighted by atomic mass is 9.90. The van der Waals surface area contributed by atoms with E-state index in [-0.39, 0.29) is 17.9 Å². The van der Waals surface area contributed by atoms with E-state index in [9.17, 15) is 14.9 Å². The van der Waals surface area contributed by atoms with Gasteiger partial charge in [0.05, 0.1) is 0 Å². The molecule has 3 rings (SSSR count). The smallest absolute Gasteiger partial charge is 0.235 e. The molecule has 1 fully saturated rings. The second-order valence-electron chi connectivity index (χ2n) is 6.26. The van der Waals surface area contributed by atoms with E-state index >= 15 is 0 Å². The minimum Gasteiger partial charge on any atom is -0.360 e. The summed E-state index contributed by atoms with van der Waals surface area (Å²) in [6, 6.07) is 15.4. The summed E-state index contributed by atoms with van der Waals surface area (Å²) in [7, 11) is 0. The van der Waals surface area contributed by atoms with Gasteiger partial charge in [-0.1, -0.05) is 58.4 Å². The van der Waals surface area contributed by atoms with Crippen LogP contribution < -0.4 is 5.32 Å². The summed E-state index contributed by atoms with van der Waals surface area (Å²) in [6.45, 7) is 0.264. The van der Waals surface area contributed by atoms with Crippen LogP contribution in [0.15, 0.2) is 59.1 Å². The predicted molar refractivity (Wildman–Crippen MR) is 101 cm³/mol. The number of nitrogens with zero attached hydrogens (tertiary/aromatic N) is 1. The molecule has 0 spiro atoms. The van der Waals surface area contributed by atoms with Gasteiger partial charge in [0.15, 0.2) is 0 Å². The van der Waals surface area contributed by atoms with E-state index < -0.39 is 24.3 Å². The van der Waals surface area contributed by atoms with Crippen molar-refractivity contribution in [3.63, 3.8) is 0 Å².